The van der Waals surface area contributed by atoms with Crippen LogP contribution in [0.5, 0.6) is 0 Å². The first-order chi connectivity index (χ1) is 9.50. The quantitative estimate of drug-likeness (QED) is 0.778. The molecule has 1 aromatic rings. The predicted octanol–water partition coefficient (Wildman–Crippen LogP) is 2.80. The van der Waals surface area contributed by atoms with Crippen LogP contribution in [-0.2, 0) is 9.59 Å². The first kappa shape index (κ1) is 16.0. The van der Waals surface area contributed by atoms with Gasteiger partial charge in [0.05, 0.1) is 0 Å². The molecule has 0 atom stereocenters. The van der Waals surface area contributed by atoms with Crippen LogP contribution in [0.15, 0.2) is 36.4 Å². The Hall–Kier alpha value is -2.10. The molecule has 0 aliphatic rings. The molecule has 1 amide bonds. The lowest BCUT2D eigenvalue weighted by molar-refractivity contribution is -0.138. The molecule has 0 saturated heterocycles. The number of carboxylic acids is 1. The maximum atomic E-state index is 12.1. The lowest BCUT2D eigenvalue weighted by Crippen LogP contribution is -2.36. The third-order valence-electron chi connectivity index (χ3n) is 2.91. The molecule has 1 rings (SSSR count). The third-order valence-corrected chi connectivity index (χ3v) is 2.91. The van der Waals surface area contributed by atoms with E-state index in [4.69, 9.17) is 5.11 Å². The van der Waals surface area contributed by atoms with Gasteiger partial charge in [-0.25, -0.2) is 0 Å². The molecule has 1 aromatic carbocycles. The molecule has 108 valence electrons. The van der Waals surface area contributed by atoms with Crippen LogP contribution < -0.4 is 0 Å². The van der Waals surface area contributed by atoms with Crippen LogP contribution in [-0.4, -0.2) is 34.5 Å². The highest BCUT2D eigenvalue weighted by molar-refractivity contribution is 5.92. The van der Waals surface area contributed by atoms with Gasteiger partial charge in [0.2, 0.25) is 5.91 Å². The Morgan fingerprint density at radius 3 is 2.45 bits per heavy atom. The largest absolute Gasteiger partial charge is 0.481 e. The van der Waals surface area contributed by atoms with Crippen LogP contribution in [0.4, 0.5) is 0 Å². The van der Waals surface area contributed by atoms with E-state index in [0.29, 0.717) is 13.0 Å². The molecule has 0 aliphatic heterocycles. The molecule has 1 N–H and O–H groups in total. The summed E-state index contributed by atoms with van der Waals surface area (Å²) in [6.45, 7) is 4.31. The van der Waals surface area contributed by atoms with Crippen LogP contribution in [0.1, 0.15) is 32.3 Å². The predicted molar refractivity (Wildman–Crippen MR) is 79.2 cm³/mol. The van der Waals surface area contributed by atoms with Gasteiger partial charge in [-0.05, 0) is 31.9 Å². The normalized spacial score (nSPS) is 10.9. The van der Waals surface area contributed by atoms with Gasteiger partial charge in [-0.2, -0.15) is 0 Å². The second-order valence-corrected chi connectivity index (χ2v) is 4.87. The highest BCUT2D eigenvalue weighted by Crippen LogP contribution is 2.06. The lowest BCUT2D eigenvalue weighted by Gasteiger charge is -2.25. The molecule has 0 unspecified atom stereocenters. The van der Waals surface area contributed by atoms with Crippen LogP contribution in [0.25, 0.3) is 6.08 Å². The van der Waals surface area contributed by atoms with E-state index < -0.39 is 5.97 Å². The average molecular weight is 275 g/mol. The van der Waals surface area contributed by atoms with Gasteiger partial charge in [0, 0.05) is 25.1 Å². The number of carbonyl (C=O) groups excluding carboxylic acids is 1. The van der Waals surface area contributed by atoms with E-state index in [1.165, 1.54) is 6.08 Å². The Balaban J connectivity index is 2.60. The molecule has 4 nitrogen and oxygen atoms in total. The second-order valence-electron chi connectivity index (χ2n) is 4.87. The fourth-order valence-corrected chi connectivity index (χ4v) is 1.85. The zero-order chi connectivity index (χ0) is 15.0. The highest BCUT2D eigenvalue weighted by atomic mass is 16.4. The minimum Gasteiger partial charge on any atom is -0.481 e. The Kier molecular flexibility index (Phi) is 6.50. The van der Waals surface area contributed by atoms with Gasteiger partial charge in [0.1, 0.15) is 0 Å². The van der Waals surface area contributed by atoms with E-state index in [9.17, 15) is 9.59 Å². The second kappa shape index (κ2) is 8.15. The summed E-state index contributed by atoms with van der Waals surface area (Å²) in [5, 5.41) is 8.64. The molecule has 4 heteroatoms. The number of nitrogens with zero attached hydrogens (tertiary/aromatic N) is 1. The highest BCUT2D eigenvalue weighted by Gasteiger charge is 2.14. The fourth-order valence-electron chi connectivity index (χ4n) is 1.85. The molecule has 0 fully saturated rings. The molecule has 0 aliphatic carbocycles. The van der Waals surface area contributed by atoms with Crippen LogP contribution >= 0.6 is 0 Å². The Morgan fingerprint density at radius 1 is 1.25 bits per heavy atom. The van der Waals surface area contributed by atoms with E-state index in [1.54, 1.807) is 11.0 Å². The number of rotatable bonds is 7. The van der Waals surface area contributed by atoms with E-state index in [-0.39, 0.29) is 18.4 Å². The molecular weight excluding hydrogens is 254 g/mol. The van der Waals surface area contributed by atoms with E-state index in [2.05, 4.69) is 0 Å². The van der Waals surface area contributed by atoms with Crippen LogP contribution in [0, 0.1) is 0 Å². The SMILES string of the molecule is CC(C)N(CCCC(=O)O)C(=O)/C=C/c1ccccc1. The van der Waals surface area contributed by atoms with Crippen LogP contribution in [0.2, 0.25) is 0 Å². The van der Waals surface area contributed by atoms with Gasteiger partial charge in [-0.3, -0.25) is 9.59 Å². The Morgan fingerprint density at radius 2 is 1.90 bits per heavy atom. The lowest BCUT2D eigenvalue weighted by atomic mass is 10.2. The minimum absolute atomic E-state index is 0.0525. The first-order valence-corrected chi connectivity index (χ1v) is 6.76. The molecule has 0 aromatic heterocycles. The van der Waals surface area contributed by atoms with Crippen molar-refractivity contribution >= 4 is 18.0 Å². The number of amides is 1. The molecule has 0 radical (unpaired) electrons. The number of aliphatic carboxylic acids is 1. The Labute approximate surface area is 119 Å². The van der Waals surface area contributed by atoms with Crippen molar-refractivity contribution in [3.05, 3.63) is 42.0 Å². The standard InChI is InChI=1S/C16H21NO3/c1-13(2)17(12-6-9-16(19)20)15(18)11-10-14-7-4-3-5-8-14/h3-5,7-8,10-11,13H,6,9,12H2,1-2H3,(H,19,20)/b11-10+. The summed E-state index contributed by atoms with van der Waals surface area (Å²) in [4.78, 5) is 24.3. The molecule has 0 saturated carbocycles. The van der Waals surface area contributed by atoms with Crippen molar-refractivity contribution in [2.75, 3.05) is 6.54 Å². The topological polar surface area (TPSA) is 57.6 Å². The average Bonchev–Trinajstić information content (AvgIpc) is 2.41. The van der Waals surface area contributed by atoms with Crippen molar-refractivity contribution in [3.8, 4) is 0 Å². The van der Waals surface area contributed by atoms with Gasteiger partial charge in [-0.1, -0.05) is 30.3 Å². The fraction of sp³-hybridized carbons (Fsp3) is 0.375. The number of carbonyl (C=O) groups is 2. The summed E-state index contributed by atoms with van der Waals surface area (Å²) < 4.78 is 0. The molecule has 0 bridgehead atoms. The number of benzene rings is 1. The maximum Gasteiger partial charge on any atom is 0.303 e. The third kappa shape index (κ3) is 5.69. The number of carboxylic acid groups (broad SMARTS) is 1. The zero-order valence-corrected chi connectivity index (χ0v) is 12.0. The first-order valence-electron chi connectivity index (χ1n) is 6.76. The number of hydrogen-bond acceptors (Lipinski definition) is 2. The van der Waals surface area contributed by atoms with Gasteiger partial charge >= 0.3 is 5.97 Å². The summed E-state index contributed by atoms with van der Waals surface area (Å²) in [5.74, 6) is -0.921. The molecule has 0 heterocycles. The number of hydrogen-bond donors (Lipinski definition) is 1. The molecule has 0 spiro atoms. The van der Waals surface area contributed by atoms with Gasteiger partial charge in [-0.15, -0.1) is 0 Å². The monoisotopic (exact) mass is 275 g/mol. The molecule has 20 heavy (non-hydrogen) atoms. The zero-order valence-electron chi connectivity index (χ0n) is 12.0. The van der Waals surface area contributed by atoms with Crippen molar-refractivity contribution in [1.29, 1.82) is 0 Å². The van der Waals surface area contributed by atoms with Crippen molar-refractivity contribution < 1.29 is 14.7 Å². The summed E-state index contributed by atoms with van der Waals surface area (Å²) in [5.41, 5.74) is 0.968. The molecular formula is C16H21NO3. The summed E-state index contributed by atoms with van der Waals surface area (Å²) >= 11 is 0. The van der Waals surface area contributed by atoms with E-state index in [1.807, 2.05) is 44.2 Å². The van der Waals surface area contributed by atoms with E-state index >= 15 is 0 Å². The van der Waals surface area contributed by atoms with Crippen molar-refractivity contribution in [2.24, 2.45) is 0 Å². The minimum atomic E-state index is -0.832. The summed E-state index contributed by atoms with van der Waals surface area (Å²) in [6, 6.07) is 9.65. The van der Waals surface area contributed by atoms with Gasteiger partial charge in [0.15, 0.2) is 0 Å². The Bertz CT molecular complexity index is 466. The summed E-state index contributed by atoms with van der Waals surface area (Å²) in [6.07, 6.45) is 3.86. The van der Waals surface area contributed by atoms with Crippen molar-refractivity contribution in [2.45, 2.75) is 32.7 Å². The van der Waals surface area contributed by atoms with Crippen molar-refractivity contribution in [1.82, 2.24) is 4.90 Å². The summed E-state index contributed by atoms with van der Waals surface area (Å²) in [7, 11) is 0. The van der Waals surface area contributed by atoms with E-state index in [0.717, 1.165) is 5.56 Å². The smallest absolute Gasteiger partial charge is 0.303 e. The maximum absolute atomic E-state index is 12.1. The van der Waals surface area contributed by atoms with Crippen molar-refractivity contribution in [3.63, 3.8) is 0 Å². The van der Waals surface area contributed by atoms with Gasteiger partial charge < -0.3 is 10.0 Å². The van der Waals surface area contributed by atoms with Gasteiger partial charge in [0.25, 0.3) is 0 Å². The van der Waals surface area contributed by atoms with Crippen LogP contribution in [0.3, 0.4) is 0 Å².